The molecular weight excluding hydrogens is 471 g/mol. The molecule has 1 aliphatic rings. The third-order valence-electron chi connectivity index (χ3n) is 5.62. The molecule has 0 spiro atoms. The molecule has 0 aromatic heterocycles. The molecule has 9 heteroatoms. The second kappa shape index (κ2) is 12.9. The number of rotatable bonds is 5. The highest BCUT2D eigenvalue weighted by molar-refractivity contribution is 5.99. The van der Waals surface area contributed by atoms with Crippen LogP contribution in [-0.2, 0) is 22.2 Å². The molecule has 0 aliphatic carbocycles. The van der Waals surface area contributed by atoms with E-state index in [0.29, 0.717) is 24.2 Å². The maximum absolute atomic E-state index is 12.6. The van der Waals surface area contributed by atoms with Crippen LogP contribution in [0, 0.1) is 5.92 Å². The van der Waals surface area contributed by atoms with Crippen molar-refractivity contribution in [2.45, 2.75) is 32.5 Å². The molecule has 0 bridgehead atoms. The summed E-state index contributed by atoms with van der Waals surface area (Å²) in [7, 11) is 2.90. The van der Waals surface area contributed by atoms with Crippen molar-refractivity contribution in [2.75, 3.05) is 30.9 Å². The molecule has 2 amide bonds. The summed E-state index contributed by atoms with van der Waals surface area (Å²) in [4.78, 5) is 26.7. The van der Waals surface area contributed by atoms with Gasteiger partial charge in [-0.25, -0.2) is 0 Å². The molecule has 3 N–H and O–H groups in total. The van der Waals surface area contributed by atoms with Crippen LogP contribution in [0.5, 0.6) is 0 Å². The van der Waals surface area contributed by atoms with E-state index in [-0.39, 0.29) is 23.8 Å². The van der Waals surface area contributed by atoms with Crippen LogP contribution in [0.2, 0.25) is 0 Å². The van der Waals surface area contributed by atoms with E-state index >= 15 is 0 Å². The van der Waals surface area contributed by atoms with E-state index in [1.807, 2.05) is 37.9 Å². The van der Waals surface area contributed by atoms with Gasteiger partial charge < -0.3 is 20.6 Å². The van der Waals surface area contributed by atoms with Crippen LogP contribution in [0.25, 0.3) is 6.08 Å². The molecule has 6 nitrogen and oxygen atoms in total. The van der Waals surface area contributed by atoms with Crippen molar-refractivity contribution in [3.05, 3.63) is 77.4 Å². The Bertz CT molecular complexity index is 1090. The normalized spacial score (nSPS) is 16.2. The number of carbonyl (C=O) groups excluding carboxylic acids is 2. The number of likely N-dealkylation sites (N-methyl/N-ethyl adjacent to an activating group) is 1. The van der Waals surface area contributed by atoms with Crippen molar-refractivity contribution in [1.82, 2.24) is 5.32 Å². The van der Waals surface area contributed by atoms with Gasteiger partial charge in [-0.15, -0.1) is 0 Å². The number of hydrogen-bond donors (Lipinski definition) is 3. The third-order valence-corrected chi connectivity index (χ3v) is 5.62. The van der Waals surface area contributed by atoms with E-state index < -0.39 is 11.7 Å². The summed E-state index contributed by atoms with van der Waals surface area (Å²) in [5, 5.41) is 12.8. The monoisotopic (exact) mass is 503 g/mol. The second-order valence-electron chi connectivity index (χ2n) is 8.51. The van der Waals surface area contributed by atoms with Crippen molar-refractivity contribution in [2.24, 2.45) is 5.92 Å². The molecule has 0 saturated heterocycles. The average molecular weight is 504 g/mol. The Balaban J connectivity index is 0.00000222. The third kappa shape index (κ3) is 7.71. The highest BCUT2D eigenvalue weighted by Gasteiger charge is 2.30. The second-order valence-corrected chi connectivity index (χ2v) is 8.51. The average Bonchev–Trinajstić information content (AvgIpc) is 2.82. The topological polar surface area (TPSA) is 81.7 Å². The maximum atomic E-state index is 12.6. The predicted octanol–water partition coefficient (Wildman–Crippen LogP) is 4.66. The number of aliphatic hydroxyl groups is 1. The lowest BCUT2D eigenvalue weighted by molar-refractivity contribution is -0.137. The Morgan fingerprint density at radius 3 is 2.42 bits per heavy atom. The lowest BCUT2D eigenvalue weighted by Gasteiger charge is -2.35. The van der Waals surface area contributed by atoms with E-state index in [4.69, 9.17) is 5.11 Å². The predicted molar refractivity (Wildman–Crippen MR) is 137 cm³/mol. The molecule has 0 fully saturated rings. The van der Waals surface area contributed by atoms with Gasteiger partial charge in [-0.1, -0.05) is 44.2 Å². The number of allylic oxidation sites excluding steroid dienone is 2. The quantitative estimate of drug-likeness (QED) is 0.410. The van der Waals surface area contributed by atoms with Gasteiger partial charge in [-0.3, -0.25) is 9.59 Å². The lowest BCUT2D eigenvalue weighted by Crippen LogP contribution is -2.50. The first-order valence-corrected chi connectivity index (χ1v) is 11.5. The highest BCUT2D eigenvalue weighted by Crippen LogP contribution is 2.30. The van der Waals surface area contributed by atoms with Crippen LogP contribution in [0.3, 0.4) is 0 Å². The smallest absolute Gasteiger partial charge is 0.400 e. The first kappa shape index (κ1) is 28.6. The minimum Gasteiger partial charge on any atom is -0.400 e. The Morgan fingerprint density at radius 1 is 1.14 bits per heavy atom. The number of hydrogen-bond acceptors (Lipinski definition) is 4. The molecule has 2 aromatic carbocycles. The summed E-state index contributed by atoms with van der Waals surface area (Å²) in [6.07, 6.45) is 2.35. The van der Waals surface area contributed by atoms with Crippen molar-refractivity contribution in [3.8, 4) is 0 Å². The van der Waals surface area contributed by atoms with Gasteiger partial charge in [0, 0.05) is 38.2 Å². The molecule has 1 atom stereocenters. The largest absolute Gasteiger partial charge is 0.416 e. The Morgan fingerprint density at radius 2 is 1.81 bits per heavy atom. The molecule has 0 radical (unpaired) electrons. The van der Waals surface area contributed by atoms with Crippen LogP contribution in [-0.4, -0.2) is 43.7 Å². The van der Waals surface area contributed by atoms with Crippen molar-refractivity contribution < 1.29 is 27.9 Å². The number of fused-ring (bicyclic) bond motifs is 1. The number of nitrogens with one attached hydrogen (secondary N) is 2. The van der Waals surface area contributed by atoms with Gasteiger partial charge in [0.05, 0.1) is 5.56 Å². The van der Waals surface area contributed by atoms with Gasteiger partial charge in [0.1, 0.15) is 6.04 Å². The number of aliphatic hydroxyl groups excluding tert-OH is 1. The summed E-state index contributed by atoms with van der Waals surface area (Å²) in [5.41, 5.74) is 2.51. The van der Waals surface area contributed by atoms with Gasteiger partial charge in [0.2, 0.25) is 11.8 Å². The zero-order valence-corrected chi connectivity index (χ0v) is 20.8. The van der Waals surface area contributed by atoms with Gasteiger partial charge in [0.15, 0.2) is 0 Å². The van der Waals surface area contributed by atoms with Crippen LogP contribution >= 0.6 is 0 Å². The summed E-state index contributed by atoms with van der Waals surface area (Å²) in [5.74, 6) is -0.185. The number of alkyl halides is 3. The van der Waals surface area contributed by atoms with Crippen molar-refractivity contribution in [1.29, 1.82) is 0 Å². The number of amides is 2. The van der Waals surface area contributed by atoms with Crippen molar-refractivity contribution >= 4 is 29.3 Å². The number of carbonyl (C=O) groups is 2. The molecule has 1 unspecified atom stereocenters. The Hall–Kier alpha value is -3.59. The Kier molecular flexibility index (Phi) is 10.3. The van der Waals surface area contributed by atoms with Crippen LogP contribution < -0.4 is 15.5 Å². The van der Waals surface area contributed by atoms with Crippen LogP contribution in [0.15, 0.2) is 60.7 Å². The number of benzene rings is 2. The van der Waals surface area contributed by atoms with E-state index in [9.17, 15) is 22.8 Å². The molecule has 3 rings (SSSR count). The summed E-state index contributed by atoms with van der Waals surface area (Å²) in [6.45, 7) is 4.54. The van der Waals surface area contributed by atoms with Gasteiger partial charge in [-0.2, -0.15) is 13.2 Å². The molecule has 194 valence electrons. The summed E-state index contributed by atoms with van der Waals surface area (Å²) < 4.78 is 37.8. The molecule has 2 aromatic rings. The lowest BCUT2D eigenvalue weighted by atomic mass is 9.97. The molecule has 0 saturated carbocycles. The zero-order chi connectivity index (χ0) is 26.9. The summed E-state index contributed by atoms with van der Waals surface area (Å²) in [6, 6.07) is 10.1. The fourth-order valence-corrected chi connectivity index (χ4v) is 3.98. The van der Waals surface area contributed by atoms with E-state index in [1.54, 1.807) is 18.2 Å². The molecular formula is C27H32F3N3O3. The fraction of sp³-hybridized carbons (Fsp3) is 0.333. The minimum atomic E-state index is -4.37. The van der Waals surface area contributed by atoms with Gasteiger partial charge in [-0.05, 0) is 53.8 Å². The minimum absolute atomic E-state index is 0.00927. The molecule has 1 aliphatic heterocycles. The van der Waals surface area contributed by atoms with E-state index in [1.165, 1.54) is 24.3 Å². The maximum Gasteiger partial charge on any atom is 0.416 e. The molecule has 36 heavy (non-hydrogen) atoms. The highest BCUT2D eigenvalue weighted by atomic mass is 19.4. The van der Waals surface area contributed by atoms with E-state index in [0.717, 1.165) is 30.5 Å². The fourth-order valence-electron chi connectivity index (χ4n) is 3.98. The van der Waals surface area contributed by atoms with E-state index in [2.05, 4.69) is 10.6 Å². The molecule has 1 heterocycles. The number of nitrogens with zero attached hydrogens (tertiary/aromatic N) is 1. The summed E-state index contributed by atoms with van der Waals surface area (Å²) >= 11 is 0. The van der Waals surface area contributed by atoms with Crippen molar-refractivity contribution in [3.63, 3.8) is 0 Å². The standard InChI is InChI=1S/C26H28F3N3O2.CH4O/c1-17(2)24-25(34)30-15-14-19-16-21(12-13-22(19)32(24)3)31-23(33)7-5-4-6-18-8-10-20(11-9-18)26(27,28)29;1-2/h4-13,16-17,24H,14-15H2,1-3H3,(H,30,34)(H,31,33);2H,1H3/b6-4+,7-5+;. The first-order valence-electron chi connectivity index (χ1n) is 11.5. The SMILES string of the molecule is CC(C)C1C(=O)NCCc2cc(NC(=O)/C=C/C=C/c3ccc(C(F)(F)F)cc3)ccc2N1C.CO. The number of halogens is 3. The van der Waals surface area contributed by atoms with Gasteiger partial charge >= 0.3 is 6.18 Å². The Labute approximate surface area is 209 Å². The van der Waals surface area contributed by atoms with Crippen LogP contribution in [0.4, 0.5) is 24.5 Å². The van der Waals surface area contributed by atoms with Gasteiger partial charge in [0.25, 0.3) is 0 Å². The van der Waals surface area contributed by atoms with Crippen LogP contribution in [0.1, 0.15) is 30.5 Å². The zero-order valence-electron chi connectivity index (χ0n) is 20.8. The first-order chi connectivity index (χ1) is 17.1. The number of anilines is 2.